The van der Waals surface area contributed by atoms with Gasteiger partial charge in [0, 0.05) is 44.6 Å². The monoisotopic (exact) mass is 289 g/mol. The van der Waals surface area contributed by atoms with Crippen LogP contribution in [0.3, 0.4) is 0 Å². The van der Waals surface area contributed by atoms with E-state index in [-0.39, 0.29) is 24.0 Å². The van der Waals surface area contributed by atoms with Crippen molar-refractivity contribution in [2.45, 2.75) is 30.7 Å². The first kappa shape index (κ1) is 14.5. The van der Waals surface area contributed by atoms with Crippen molar-refractivity contribution in [2.75, 3.05) is 33.3 Å². The Hall–Kier alpha value is -1.46. The number of likely N-dealkylation sites (tertiary alicyclic amines) is 2. The average molecular weight is 289 g/mol. The predicted molar refractivity (Wildman–Crippen MR) is 79.9 cm³/mol. The summed E-state index contributed by atoms with van der Waals surface area (Å²) in [5.41, 5.74) is 1.02. The molecule has 5 nitrogen and oxygen atoms in total. The van der Waals surface area contributed by atoms with Crippen molar-refractivity contribution in [1.82, 2.24) is 14.8 Å². The molecule has 2 aliphatic rings. The number of hydrogen-bond acceptors (Lipinski definition) is 4. The third-order valence-electron chi connectivity index (χ3n) is 5.21. The Bertz CT molecular complexity index is 498. The van der Waals surface area contributed by atoms with Crippen molar-refractivity contribution in [1.29, 1.82) is 0 Å². The van der Waals surface area contributed by atoms with E-state index in [0.29, 0.717) is 0 Å². The lowest BCUT2D eigenvalue weighted by Gasteiger charge is -2.43. The quantitative estimate of drug-likeness (QED) is 0.896. The van der Waals surface area contributed by atoms with Crippen molar-refractivity contribution in [3.63, 3.8) is 0 Å². The van der Waals surface area contributed by atoms with Gasteiger partial charge in [-0.1, -0.05) is 6.07 Å². The molecule has 5 heteroatoms. The molecule has 0 aliphatic carbocycles. The lowest BCUT2D eigenvalue weighted by Crippen LogP contribution is -2.51. The number of β-amino-alcohol motifs (C(OH)–C–C–N with tert-alkyl or cyclic N) is 1. The Morgan fingerprint density at radius 1 is 1.43 bits per heavy atom. The van der Waals surface area contributed by atoms with Gasteiger partial charge in [-0.15, -0.1) is 0 Å². The molecule has 2 saturated heterocycles. The van der Waals surface area contributed by atoms with Gasteiger partial charge in [-0.2, -0.15) is 0 Å². The first-order valence-corrected chi connectivity index (χ1v) is 7.67. The van der Waals surface area contributed by atoms with Crippen LogP contribution in [0.2, 0.25) is 0 Å². The summed E-state index contributed by atoms with van der Waals surface area (Å²) >= 11 is 0. The molecule has 1 spiro atoms. The number of likely N-dealkylation sites (N-methyl/N-ethyl adjacent to an activating group) is 1. The summed E-state index contributed by atoms with van der Waals surface area (Å²) < 4.78 is 0. The van der Waals surface area contributed by atoms with Crippen LogP contribution in [0, 0.1) is 0 Å². The van der Waals surface area contributed by atoms with Crippen molar-refractivity contribution in [3.8, 4) is 0 Å². The normalized spacial score (nSPS) is 25.7. The van der Waals surface area contributed by atoms with E-state index in [2.05, 4.69) is 9.88 Å². The number of aromatic nitrogens is 1. The number of carbonyl (C=O) groups excluding carboxylic acids is 1. The van der Waals surface area contributed by atoms with Gasteiger partial charge in [0.15, 0.2) is 0 Å². The van der Waals surface area contributed by atoms with E-state index in [1.165, 1.54) is 0 Å². The van der Waals surface area contributed by atoms with E-state index in [0.717, 1.165) is 44.5 Å². The molecule has 21 heavy (non-hydrogen) atoms. The third-order valence-corrected chi connectivity index (χ3v) is 5.21. The molecule has 1 N–H and O–H groups in total. The molecule has 3 rings (SSSR count). The fourth-order valence-corrected chi connectivity index (χ4v) is 3.79. The van der Waals surface area contributed by atoms with E-state index in [9.17, 15) is 4.79 Å². The molecule has 0 bridgehead atoms. The van der Waals surface area contributed by atoms with Gasteiger partial charge in [0.05, 0.1) is 12.5 Å². The molecular formula is C16H23N3O2. The minimum atomic E-state index is -0.0481. The molecule has 1 aromatic heterocycles. The van der Waals surface area contributed by atoms with Crippen molar-refractivity contribution in [2.24, 2.45) is 0 Å². The highest BCUT2D eigenvalue weighted by Gasteiger charge is 2.50. The Labute approximate surface area is 125 Å². The second-order valence-electron chi connectivity index (χ2n) is 6.23. The maximum atomic E-state index is 12.6. The second-order valence-corrected chi connectivity index (χ2v) is 6.23. The molecular weight excluding hydrogens is 266 g/mol. The van der Waals surface area contributed by atoms with Crippen LogP contribution in [0.25, 0.3) is 0 Å². The van der Waals surface area contributed by atoms with Gasteiger partial charge in [0.1, 0.15) is 0 Å². The Morgan fingerprint density at radius 2 is 2.19 bits per heavy atom. The van der Waals surface area contributed by atoms with Crippen LogP contribution in [0.4, 0.5) is 0 Å². The minimum absolute atomic E-state index is 0.0104. The molecule has 0 saturated carbocycles. The number of carbonyl (C=O) groups is 1. The van der Waals surface area contributed by atoms with E-state index in [1.54, 1.807) is 6.20 Å². The molecule has 3 heterocycles. The molecule has 0 radical (unpaired) electrons. The number of amides is 1. The first-order chi connectivity index (χ1) is 10.2. The number of rotatable bonds is 3. The highest BCUT2D eigenvalue weighted by Crippen LogP contribution is 2.44. The Balaban J connectivity index is 1.75. The summed E-state index contributed by atoms with van der Waals surface area (Å²) in [6, 6.07) is 3.90. The van der Waals surface area contributed by atoms with Gasteiger partial charge in [-0.25, -0.2) is 0 Å². The standard InChI is InChI=1S/C16H23N3O2/c1-18-15(21)14(13-3-2-6-17-12-13)11-16(18)4-7-19(8-5-16)9-10-20/h2-3,6,12,14,20H,4-5,7-11H2,1H3/t14-/m1/s1. The smallest absolute Gasteiger partial charge is 0.230 e. The molecule has 1 aromatic rings. The van der Waals surface area contributed by atoms with Gasteiger partial charge in [0.25, 0.3) is 0 Å². The number of aliphatic hydroxyl groups is 1. The van der Waals surface area contributed by atoms with E-state index < -0.39 is 0 Å². The van der Waals surface area contributed by atoms with Crippen LogP contribution in [-0.2, 0) is 4.79 Å². The highest BCUT2D eigenvalue weighted by molar-refractivity contribution is 5.86. The van der Waals surface area contributed by atoms with E-state index in [1.807, 2.05) is 30.3 Å². The van der Waals surface area contributed by atoms with E-state index >= 15 is 0 Å². The Kier molecular flexibility index (Phi) is 3.95. The third kappa shape index (κ3) is 2.56. The fourth-order valence-electron chi connectivity index (χ4n) is 3.79. The number of nitrogens with zero attached hydrogens (tertiary/aromatic N) is 3. The van der Waals surface area contributed by atoms with Crippen LogP contribution in [0.5, 0.6) is 0 Å². The van der Waals surface area contributed by atoms with Crippen molar-refractivity contribution >= 4 is 5.91 Å². The van der Waals surface area contributed by atoms with Crippen LogP contribution < -0.4 is 0 Å². The lowest BCUT2D eigenvalue weighted by atomic mass is 9.81. The summed E-state index contributed by atoms with van der Waals surface area (Å²) in [5.74, 6) is 0.173. The fraction of sp³-hybridized carbons (Fsp3) is 0.625. The van der Waals surface area contributed by atoms with Crippen LogP contribution in [-0.4, -0.2) is 64.6 Å². The minimum Gasteiger partial charge on any atom is -0.395 e. The van der Waals surface area contributed by atoms with Crippen molar-refractivity contribution < 1.29 is 9.90 Å². The second kappa shape index (κ2) is 5.73. The van der Waals surface area contributed by atoms with Gasteiger partial charge in [-0.05, 0) is 30.9 Å². The summed E-state index contributed by atoms with van der Waals surface area (Å²) in [4.78, 5) is 21.0. The summed E-state index contributed by atoms with van der Waals surface area (Å²) in [6.07, 6.45) is 6.44. The van der Waals surface area contributed by atoms with Gasteiger partial charge < -0.3 is 14.9 Å². The van der Waals surface area contributed by atoms with Crippen LogP contribution in [0.15, 0.2) is 24.5 Å². The number of hydrogen-bond donors (Lipinski definition) is 1. The molecule has 2 fully saturated rings. The topological polar surface area (TPSA) is 56.7 Å². The summed E-state index contributed by atoms with van der Waals surface area (Å²) in [7, 11) is 1.94. The largest absolute Gasteiger partial charge is 0.395 e. The molecule has 114 valence electrons. The average Bonchev–Trinajstić information content (AvgIpc) is 2.77. The molecule has 1 atom stereocenters. The molecule has 0 aromatic carbocycles. The summed E-state index contributed by atoms with van der Waals surface area (Å²) in [6.45, 7) is 2.86. The van der Waals surface area contributed by atoms with E-state index in [4.69, 9.17) is 5.11 Å². The lowest BCUT2D eigenvalue weighted by molar-refractivity contribution is -0.131. The zero-order valence-electron chi connectivity index (χ0n) is 12.5. The first-order valence-electron chi connectivity index (χ1n) is 7.67. The zero-order valence-corrected chi connectivity index (χ0v) is 12.5. The SMILES string of the molecule is CN1C(=O)[C@@H](c2cccnc2)CC12CCN(CCO)CC2. The van der Waals surface area contributed by atoms with Crippen molar-refractivity contribution in [3.05, 3.63) is 30.1 Å². The molecule has 0 unspecified atom stereocenters. The highest BCUT2D eigenvalue weighted by atomic mass is 16.3. The predicted octanol–water partition coefficient (Wildman–Crippen LogP) is 0.854. The van der Waals surface area contributed by atoms with Gasteiger partial charge >= 0.3 is 0 Å². The zero-order chi connectivity index (χ0) is 14.9. The van der Waals surface area contributed by atoms with Crippen LogP contribution >= 0.6 is 0 Å². The molecule has 1 amide bonds. The Morgan fingerprint density at radius 3 is 2.81 bits per heavy atom. The number of aliphatic hydroxyl groups excluding tert-OH is 1. The molecule has 2 aliphatic heterocycles. The maximum absolute atomic E-state index is 12.6. The summed E-state index contributed by atoms with van der Waals surface area (Å²) in [5, 5.41) is 9.05. The number of piperidine rings is 1. The maximum Gasteiger partial charge on any atom is 0.230 e. The van der Waals surface area contributed by atoms with Gasteiger partial charge in [-0.3, -0.25) is 9.78 Å². The van der Waals surface area contributed by atoms with Crippen LogP contribution in [0.1, 0.15) is 30.7 Å². The van der Waals surface area contributed by atoms with Gasteiger partial charge in [0.2, 0.25) is 5.91 Å². The number of pyridine rings is 1.